The first-order valence-corrected chi connectivity index (χ1v) is 11.7. The first-order valence-electron chi connectivity index (χ1n) is 10.8. The largest absolute Gasteiger partial charge is 0.487 e. The Kier molecular flexibility index (Phi) is 8.59. The van der Waals surface area contributed by atoms with Crippen molar-refractivity contribution in [1.82, 2.24) is 15.2 Å². The molecule has 6 heteroatoms. The van der Waals surface area contributed by atoms with E-state index in [0.717, 1.165) is 34.1 Å². The van der Waals surface area contributed by atoms with Crippen molar-refractivity contribution < 1.29 is 9.53 Å². The second-order valence-electron chi connectivity index (χ2n) is 8.04. The summed E-state index contributed by atoms with van der Waals surface area (Å²) in [6, 6.07) is 16.4. The van der Waals surface area contributed by atoms with Gasteiger partial charge in [-0.1, -0.05) is 36.4 Å². The number of nitrogens with zero attached hydrogens (tertiary/aromatic N) is 2. The number of rotatable bonds is 10. The number of amides is 1. The monoisotopic (exact) mass is 449 g/mol. The topological polar surface area (TPSA) is 54.5 Å². The van der Waals surface area contributed by atoms with E-state index in [1.165, 1.54) is 5.56 Å². The van der Waals surface area contributed by atoms with Gasteiger partial charge in [-0.3, -0.25) is 9.69 Å². The number of aromatic nitrogens is 1. The standard InChI is InChI=1S/C26H31N3O2S/c1-19(2)29(4)16-23-8-6-5-7-22(23)15-27-26(30)14-11-21-9-12-25(13-10-21)31-17-24-18-32-20(3)28-24/h5-14,18-19H,15-17H2,1-4H3,(H,27,30)/b14-11+. The van der Waals surface area contributed by atoms with Crippen LogP contribution in [0, 0.1) is 6.92 Å². The van der Waals surface area contributed by atoms with Gasteiger partial charge in [0.05, 0.1) is 10.7 Å². The minimum absolute atomic E-state index is 0.115. The predicted octanol–water partition coefficient (Wildman–Crippen LogP) is 5.20. The summed E-state index contributed by atoms with van der Waals surface area (Å²) in [7, 11) is 2.11. The van der Waals surface area contributed by atoms with Crippen LogP contribution in [0.2, 0.25) is 0 Å². The fraction of sp³-hybridized carbons (Fsp3) is 0.308. The Bertz CT molecular complexity index is 1040. The number of aryl methyl sites for hydroxylation is 1. The van der Waals surface area contributed by atoms with Crippen LogP contribution in [0.5, 0.6) is 5.75 Å². The van der Waals surface area contributed by atoms with Gasteiger partial charge in [0.25, 0.3) is 0 Å². The van der Waals surface area contributed by atoms with E-state index < -0.39 is 0 Å². The molecule has 0 radical (unpaired) electrons. The Labute approximate surface area is 194 Å². The zero-order valence-electron chi connectivity index (χ0n) is 19.2. The highest BCUT2D eigenvalue weighted by molar-refractivity contribution is 7.09. The van der Waals surface area contributed by atoms with Crippen LogP contribution < -0.4 is 10.1 Å². The van der Waals surface area contributed by atoms with Crippen LogP contribution in [0.25, 0.3) is 6.08 Å². The van der Waals surface area contributed by atoms with Crippen LogP contribution in [0.1, 0.15) is 41.2 Å². The minimum atomic E-state index is -0.115. The molecule has 0 aliphatic rings. The van der Waals surface area contributed by atoms with Crippen molar-refractivity contribution >= 4 is 23.3 Å². The van der Waals surface area contributed by atoms with Gasteiger partial charge in [0.2, 0.25) is 5.91 Å². The fourth-order valence-electron chi connectivity index (χ4n) is 3.06. The molecule has 0 aliphatic carbocycles. The summed E-state index contributed by atoms with van der Waals surface area (Å²) in [5.41, 5.74) is 4.25. The van der Waals surface area contributed by atoms with Crippen LogP contribution in [0.3, 0.4) is 0 Å². The highest BCUT2D eigenvalue weighted by Gasteiger charge is 2.08. The molecule has 3 rings (SSSR count). The van der Waals surface area contributed by atoms with Crippen LogP contribution >= 0.6 is 11.3 Å². The number of hydrogen-bond donors (Lipinski definition) is 1. The first-order chi connectivity index (χ1) is 15.4. The van der Waals surface area contributed by atoms with Gasteiger partial charge in [-0.2, -0.15) is 0 Å². The van der Waals surface area contributed by atoms with E-state index in [2.05, 4.69) is 48.2 Å². The summed E-state index contributed by atoms with van der Waals surface area (Å²) < 4.78 is 5.76. The Hall–Kier alpha value is -2.96. The van der Waals surface area contributed by atoms with Gasteiger partial charge in [-0.15, -0.1) is 11.3 Å². The zero-order valence-corrected chi connectivity index (χ0v) is 20.0. The molecule has 0 aliphatic heterocycles. The molecule has 0 saturated carbocycles. The maximum Gasteiger partial charge on any atom is 0.244 e. The van der Waals surface area contributed by atoms with Gasteiger partial charge in [0, 0.05) is 30.6 Å². The smallest absolute Gasteiger partial charge is 0.244 e. The summed E-state index contributed by atoms with van der Waals surface area (Å²) in [5.74, 6) is 0.663. The van der Waals surface area contributed by atoms with Crippen LogP contribution in [-0.2, 0) is 24.5 Å². The molecule has 2 aromatic carbocycles. The third kappa shape index (κ3) is 7.32. The number of benzene rings is 2. The van der Waals surface area contributed by atoms with Crippen molar-refractivity contribution in [2.24, 2.45) is 0 Å². The molecular formula is C26H31N3O2S. The number of thiazole rings is 1. The molecule has 1 N–H and O–H groups in total. The zero-order chi connectivity index (χ0) is 22.9. The van der Waals surface area contributed by atoms with Crippen molar-refractivity contribution in [1.29, 1.82) is 0 Å². The Balaban J connectivity index is 1.49. The van der Waals surface area contributed by atoms with Crippen molar-refractivity contribution in [2.45, 2.75) is 46.5 Å². The van der Waals surface area contributed by atoms with Gasteiger partial charge >= 0.3 is 0 Å². The lowest BCUT2D eigenvalue weighted by Crippen LogP contribution is -2.27. The van der Waals surface area contributed by atoms with Crippen LogP contribution in [0.4, 0.5) is 0 Å². The maximum atomic E-state index is 12.3. The van der Waals surface area contributed by atoms with Crippen LogP contribution in [0.15, 0.2) is 60.0 Å². The van der Waals surface area contributed by atoms with E-state index in [9.17, 15) is 4.79 Å². The summed E-state index contributed by atoms with van der Waals surface area (Å²) in [5, 5.41) is 6.03. The molecule has 32 heavy (non-hydrogen) atoms. The second kappa shape index (κ2) is 11.6. The minimum Gasteiger partial charge on any atom is -0.487 e. The van der Waals surface area contributed by atoms with E-state index in [0.29, 0.717) is 19.2 Å². The lowest BCUT2D eigenvalue weighted by Gasteiger charge is -2.22. The van der Waals surface area contributed by atoms with Gasteiger partial charge in [-0.05, 0) is 62.7 Å². The lowest BCUT2D eigenvalue weighted by atomic mass is 10.1. The van der Waals surface area contributed by atoms with E-state index in [1.807, 2.05) is 48.7 Å². The molecule has 168 valence electrons. The fourth-order valence-corrected chi connectivity index (χ4v) is 3.65. The summed E-state index contributed by atoms with van der Waals surface area (Å²) in [4.78, 5) is 19.0. The van der Waals surface area contributed by atoms with Crippen molar-refractivity contribution in [3.8, 4) is 5.75 Å². The highest BCUT2D eigenvalue weighted by atomic mass is 32.1. The first kappa shape index (κ1) is 23.7. The summed E-state index contributed by atoms with van der Waals surface area (Å²) in [6.45, 7) is 8.15. The number of carbonyl (C=O) groups is 1. The molecule has 0 saturated heterocycles. The Morgan fingerprint density at radius 1 is 1.16 bits per heavy atom. The van der Waals surface area contributed by atoms with Gasteiger partial charge in [0.15, 0.2) is 0 Å². The van der Waals surface area contributed by atoms with Crippen molar-refractivity contribution in [3.63, 3.8) is 0 Å². The Morgan fingerprint density at radius 3 is 2.53 bits per heavy atom. The number of carbonyl (C=O) groups excluding carboxylic acids is 1. The molecular weight excluding hydrogens is 418 g/mol. The molecule has 1 amide bonds. The number of ether oxygens (including phenoxy) is 1. The lowest BCUT2D eigenvalue weighted by molar-refractivity contribution is -0.116. The van der Waals surface area contributed by atoms with Gasteiger partial charge < -0.3 is 10.1 Å². The highest BCUT2D eigenvalue weighted by Crippen LogP contribution is 2.16. The normalized spacial score (nSPS) is 11.4. The van der Waals surface area contributed by atoms with E-state index in [4.69, 9.17) is 4.74 Å². The molecule has 0 atom stereocenters. The average molecular weight is 450 g/mol. The summed E-state index contributed by atoms with van der Waals surface area (Å²) in [6.07, 6.45) is 3.37. The quantitative estimate of drug-likeness (QED) is 0.432. The molecule has 0 spiro atoms. The average Bonchev–Trinajstić information content (AvgIpc) is 3.21. The molecule has 5 nitrogen and oxygen atoms in total. The SMILES string of the molecule is Cc1nc(COc2ccc(/C=C/C(=O)NCc3ccccc3CN(C)C(C)C)cc2)cs1. The van der Waals surface area contributed by atoms with Gasteiger partial charge in [0.1, 0.15) is 12.4 Å². The van der Waals surface area contributed by atoms with Gasteiger partial charge in [-0.25, -0.2) is 4.98 Å². The molecule has 0 bridgehead atoms. The third-order valence-electron chi connectivity index (χ3n) is 5.23. The van der Waals surface area contributed by atoms with E-state index in [1.54, 1.807) is 23.5 Å². The summed E-state index contributed by atoms with van der Waals surface area (Å²) >= 11 is 1.62. The number of hydrogen-bond acceptors (Lipinski definition) is 5. The molecule has 1 aromatic heterocycles. The predicted molar refractivity (Wildman–Crippen MR) is 132 cm³/mol. The number of nitrogens with one attached hydrogen (secondary N) is 1. The van der Waals surface area contributed by atoms with Crippen LogP contribution in [-0.4, -0.2) is 28.9 Å². The third-order valence-corrected chi connectivity index (χ3v) is 6.06. The Morgan fingerprint density at radius 2 is 1.88 bits per heavy atom. The maximum absolute atomic E-state index is 12.3. The molecule has 1 heterocycles. The molecule has 3 aromatic rings. The van der Waals surface area contributed by atoms with E-state index >= 15 is 0 Å². The molecule has 0 fully saturated rings. The molecule has 0 unspecified atom stereocenters. The van der Waals surface area contributed by atoms with Crippen molar-refractivity contribution in [3.05, 3.63) is 87.4 Å². The van der Waals surface area contributed by atoms with E-state index in [-0.39, 0.29) is 5.91 Å². The van der Waals surface area contributed by atoms with Crippen molar-refractivity contribution in [2.75, 3.05) is 7.05 Å². The second-order valence-corrected chi connectivity index (χ2v) is 9.11.